The Balaban J connectivity index is 1.98. The second kappa shape index (κ2) is 6.45. The van der Waals surface area contributed by atoms with Gasteiger partial charge < -0.3 is 4.74 Å². The van der Waals surface area contributed by atoms with Gasteiger partial charge >= 0.3 is 0 Å². The van der Waals surface area contributed by atoms with E-state index in [9.17, 15) is 0 Å². The molecule has 0 heterocycles. The van der Waals surface area contributed by atoms with E-state index < -0.39 is 0 Å². The number of nitrogens with one attached hydrogen (secondary N) is 1. The Bertz CT molecular complexity index is 509. The summed E-state index contributed by atoms with van der Waals surface area (Å²) < 4.78 is 5.43. The molecule has 0 aliphatic carbocycles. The molecule has 0 spiro atoms. The van der Waals surface area contributed by atoms with Crippen LogP contribution in [0.3, 0.4) is 0 Å². The van der Waals surface area contributed by atoms with Crippen molar-refractivity contribution < 1.29 is 4.74 Å². The van der Waals surface area contributed by atoms with Crippen LogP contribution in [0.15, 0.2) is 59.7 Å². The van der Waals surface area contributed by atoms with Crippen molar-refractivity contribution >= 4 is 11.9 Å². The number of hydrogen-bond donors (Lipinski definition) is 1. The Hall–Kier alpha value is -2.29. The van der Waals surface area contributed by atoms with E-state index in [-0.39, 0.29) is 0 Å². The van der Waals surface area contributed by atoms with Gasteiger partial charge in [0, 0.05) is 0 Å². The predicted octanol–water partition coefficient (Wildman–Crippen LogP) is 3.53. The van der Waals surface area contributed by atoms with E-state index in [0.717, 1.165) is 17.0 Å². The molecule has 0 unspecified atom stereocenters. The Morgan fingerprint density at radius 2 is 1.94 bits per heavy atom. The summed E-state index contributed by atoms with van der Waals surface area (Å²) in [4.78, 5) is 0. The molecule has 0 saturated carbocycles. The van der Waals surface area contributed by atoms with E-state index in [4.69, 9.17) is 4.74 Å². The number of hydrogen-bond acceptors (Lipinski definition) is 3. The van der Waals surface area contributed by atoms with Gasteiger partial charge in [0.15, 0.2) is 0 Å². The average Bonchev–Trinajstić information content (AvgIpc) is 2.41. The van der Waals surface area contributed by atoms with Crippen molar-refractivity contribution in [1.82, 2.24) is 0 Å². The van der Waals surface area contributed by atoms with Crippen molar-refractivity contribution in [3.05, 3.63) is 60.2 Å². The van der Waals surface area contributed by atoms with E-state index in [1.807, 2.05) is 61.5 Å². The minimum Gasteiger partial charge on any atom is -0.494 e. The molecule has 0 aliphatic heterocycles. The van der Waals surface area contributed by atoms with E-state index in [2.05, 4.69) is 10.5 Å². The van der Waals surface area contributed by atoms with Gasteiger partial charge in [0.05, 0.1) is 18.5 Å². The summed E-state index contributed by atoms with van der Waals surface area (Å²) >= 11 is 0. The molecule has 0 amide bonds. The normalized spacial score (nSPS) is 10.5. The van der Waals surface area contributed by atoms with Crippen LogP contribution >= 0.6 is 0 Å². The van der Waals surface area contributed by atoms with Gasteiger partial charge in [0.25, 0.3) is 0 Å². The molecule has 92 valence electrons. The third kappa shape index (κ3) is 3.63. The van der Waals surface area contributed by atoms with Crippen molar-refractivity contribution in [3.63, 3.8) is 0 Å². The molecule has 1 N–H and O–H groups in total. The first-order chi connectivity index (χ1) is 8.88. The van der Waals surface area contributed by atoms with Crippen LogP contribution in [0.5, 0.6) is 5.75 Å². The van der Waals surface area contributed by atoms with Crippen molar-refractivity contribution in [3.8, 4) is 5.75 Å². The van der Waals surface area contributed by atoms with Gasteiger partial charge in [-0.25, -0.2) is 0 Å². The summed E-state index contributed by atoms with van der Waals surface area (Å²) in [5.41, 5.74) is 4.94. The van der Waals surface area contributed by atoms with Crippen LogP contribution in [0.1, 0.15) is 12.5 Å². The highest BCUT2D eigenvalue weighted by molar-refractivity contribution is 5.80. The number of nitrogens with zero attached hydrogens (tertiary/aromatic N) is 1. The molecule has 2 aromatic carbocycles. The number of benzene rings is 2. The van der Waals surface area contributed by atoms with Gasteiger partial charge in [-0.3, -0.25) is 5.43 Å². The standard InChI is InChI=1S/C15H16N2O/c1-2-18-15-10-6-7-13(11-15)12-16-17-14-8-4-3-5-9-14/h3-12,17H,2H2,1H3. The largest absolute Gasteiger partial charge is 0.494 e. The number of hydrazone groups is 1. The van der Waals surface area contributed by atoms with E-state index in [0.29, 0.717) is 6.61 Å². The second-order valence-electron chi connectivity index (χ2n) is 3.74. The molecule has 18 heavy (non-hydrogen) atoms. The number of ether oxygens (including phenoxy) is 1. The third-order valence-corrected chi connectivity index (χ3v) is 2.35. The summed E-state index contributed by atoms with van der Waals surface area (Å²) in [7, 11) is 0. The lowest BCUT2D eigenvalue weighted by Crippen LogP contribution is -1.93. The Morgan fingerprint density at radius 1 is 1.11 bits per heavy atom. The fraction of sp³-hybridized carbons (Fsp3) is 0.133. The number of rotatable bonds is 5. The van der Waals surface area contributed by atoms with Crippen molar-refractivity contribution in [1.29, 1.82) is 0 Å². The molecule has 2 aromatic rings. The molecule has 2 rings (SSSR count). The lowest BCUT2D eigenvalue weighted by molar-refractivity contribution is 0.340. The van der Waals surface area contributed by atoms with E-state index in [1.54, 1.807) is 6.21 Å². The highest BCUT2D eigenvalue weighted by atomic mass is 16.5. The Kier molecular flexibility index (Phi) is 4.36. The molecule has 0 saturated heterocycles. The first-order valence-electron chi connectivity index (χ1n) is 5.95. The zero-order chi connectivity index (χ0) is 12.6. The number of anilines is 1. The van der Waals surface area contributed by atoms with Gasteiger partial charge in [-0.1, -0.05) is 30.3 Å². The maximum absolute atomic E-state index is 5.43. The fourth-order valence-corrected chi connectivity index (χ4v) is 1.55. The average molecular weight is 240 g/mol. The van der Waals surface area contributed by atoms with Crippen LogP contribution in [-0.2, 0) is 0 Å². The van der Waals surface area contributed by atoms with E-state index >= 15 is 0 Å². The molecular formula is C15H16N2O. The lowest BCUT2D eigenvalue weighted by Gasteiger charge is -2.03. The summed E-state index contributed by atoms with van der Waals surface area (Å²) in [5, 5.41) is 4.18. The van der Waals surface area contributed by atoms with Gasteiger partial charge in [-0.15, -0.1) is 0 Å². The lowest BCUT2D eigenvalue weighted by atomic mass is 10.2. The zero-order valence-corrected chi connectivity index (χ0v) is 10.3. The van der Waals surface area contributed by atoms with Crippen molar-refractivity contribution in [2.45, 2.75) is 6.92 Å². The summed E-state index contributed by atoms with van der Waals surface area (Å²) in [6.07, 6.45) is 1.77. The smallest absolute Gasteiger partial charge is 0.119 e. The van der Waals surface area contributed by atoms with Crippen LogP contribution in [-0.4, -0.2) is 12.8 Å². The molecule has 3 heteroatoms. The second-order valence-corrected chi connectivity index (χ2v) is 3.74. The Morgan fingerprint density at radius 3 is 2.72 bits per heavy atom. The minimum atomic E-state index is 0.670. The van der Waals surface area contributed by atoms with Crippen LogP contribution < -0.4 is 10.2 Å². The monoisotopic (exact) mass is 240 g/mol. The van der Waals surface area contributed by atoms with Crippen LogP contribution in [0.25, 0.3) is 0 Å². The molecule has 0 aliphatic rings. The molecule has 3 nitrogen and oxygen atoms in total. The van der Waals surface area contributed by atoms with Gasteiger partial charge in [-0.2, -0.15) is 5.10 Å². The fourth-order valence-electron chi connectivity index (χ4n) is 1.55. The van der Waals surface area contributed by atoms with Crippen LogP contribution in [0.2, 0.25) is 0 Å². The highest BCUT2D eigenvalue weighted by Crippen LogP contribution is 2.12. The summed E-state index contributed by atoms with van der Waals surface area (Å²) in [6.45, 7) is 2.64. The highest BCUT2D eigenvalue weighted by Gasteiger charge is 1.93. The molecule has 0 fully saturated rings. The van der Waals surface area contributed by atoms with Gasteiger partial charge in [0.1, 0.15) is 5.75 Å². The molecule has 0 aromatic heterocycles. The molecule has 0 radical (unpaired) electrons. The summed E-state index contributed by atoms with van der Waals surface area (Å²) in [6, 6.07) is 17.7. The molecule has 0 atom stereocenters. The van der Waals surface area contributed by atoms with Gasteiger partial charge in [0.2, 0.25) is 0 Å². The van der Waals surface area contributed by atoms with Crippen molar-refractivity contribution in [2.75, 3.05) is 12.0 Å². The topological polar surface area (TPSA) is 33.6 Å². The van der Waals surface area contributed by atoms with E-state index in [1.165, 1.54) is 0 Å². The SMILES string of the molecule is CCOc1cccc(C=NNc2ccccc2)c1. The van der Waals surface area contributed by atoms with Gasteiger partial charge in [-0.05, 0) is 36.8 Å². The predicted molar refractivity (Wildman–Crippen MR) is 75.3 cm³/mol. The van der Waals surface area contributed by atoms with Crippen molar-refractivity contribution in [2.24, 2.45) is 5.10 Å². The maximum atomic E-state index is 5.43. The third-order valence-electron chi connectivity index (χ3n) is 2.35. The maximum Gasteiger partial charge on any atom is 0.119 e. The molecular weight excluding hydrogens is 224 g/mol. The summed E-state index contributed by atoms with van der Waals surface area (Å²) in [5.74, 6) is 0.862. The first kappa shape index (κ1) is 12.2. The minimum absolute atomic E-state index is 0.670. The van der Waals surface area contributed by atoms with Crippen LogP contribution in [0, 0.1) is 0 Å². The quantitative estimate of drug-likeness (QED) is 0.640. The van der Waals surface area contributed by atoms with Crippen LogP contribution in [0.4, 0.5) is 5.69 Å². The Labute approximate surface area is 107 Å². The number of para-hydroxylation sites is 1. The first-order valence-corrected chi connectivity index (χ1v) is 5.95. The zero-order valence-electron chi connectivity index (χ0n) is 10.3. The molecule has 0 bridgehead atoms.